The molecule has 0 aliphatic heterocycles. The molecule has 78 valence electrons. The van der Waals surface area contributed by atoms with Crippen LogP contribution in [0.15, 0.2) is 0 Å². The van der Waals surface area contributed by atoms with Crippen LogP contribution < -0.4 is 11.1 Å². The highest BCUT2D eigenvalue weighted by Crippen LogP contribution is 1.87. The molecule has 0 rings (SSSR count). The maximum Gasteiger partial charge on any atom is 0.236 e. The lowest BCUT2D eigenvalue weighted by Gasteiger charge is -2.12. The van der Waals surface area contributed by atoms with Crippen molar-refractivity contribution in [2.45, 2.75) is 12.5 Å². The summed E-state index contributed by atoms with van der Waals surface area (Å²) in [5.41, 5.74) is 5.08. The molecule has 3 N–H and O–H groups in total. The molecule has 0 radical (unpaired) electrons. The number of carbonyl (C=O) groups is 1. The number of rotatable bonds is 8. The van der Waals surface area contributed by atoms with Crippen molar-refractivity contribution in [3.63, 3.8) is 0 Å². The number of methoxy groups -OCH3 is 1. The van der Waals surface area contributed by atoms with Crippen molar-refractivity contribution in [2.75, 3.05) is 34.0 Å². The zero-order valence-electron chi connectivity index (χ0n) is 8.21. The number of primary amides is 1. The average Bonchev–Trinajstić information content (AvgIpc) is 2.10. The molecule has 0 heterocycles. The number of amides is 1. The van der Waals surface area contributed by atoms with Crippen LogP contribution in [0.2, 0.25) is 0 Å². The summed E-state index contributed by atoms with van der Waals surface area (Å²) in [6.07, 6.45) is 0.825. The second kappa shape index (κ2) is 7.97. The number of hydrogen-bond donors (Lipinski definition) is 2. The summed E-state index contributed by atoms with van der Waals surface area (Å²) in [6, 6.07) is -0.400. The molecule has 0 aromatic carbocycles. The fourth-order valence-electron chi connectivity index (χ4n) is 0.814. The molecule has 5 nitrogen and oxygen atoms in total. The molecule has 0 aromatic heterocycles. The van der Waals surface area contributed by atoms with Crippen molar-refractivity contribution in [2.24, 2.45) is 5.73 Å². The number of likely N-dealkylation sites (N-methyl/N-ethyl adjacent to an activating group) is 1. The molecule has 0 aromatic rings. The van der Waals surface area contributed by atoms with E-state index in [0.29, 0.717) is 19.8 Å². The smallest absolute Gasteiger partial charge is 0.236 e. The number of nitrogens with one attached hydrogen (secondary N) is 1. The van der Waals surface area contributed by atoms with E-state index in [4.69, 9.17) is 15.2 Å². The first-order valence-electron chi connectivity index (χ1n) is 4.25. The first-order valence-corrected chi connectivity index (χ1v) is 4.25. The van der Waals surface area contributed by atoms with Crippen LogP contribution >= 0.6 is 0 Å². The Morgan fingerprint density at radius 1 is 1.54 bits per heavy atom. The minimum atomic E-state index is -0.400. The summed E-state index contributed by atoms with van der Waals surface area (Å²) in [5, 5.41) is 2.76. The molecule has 0 aliphatic rings. The Kier molecular flexibility index (Phi) is 7.57. The summed E-state index contributed by atoms with van der Waals surface area (Å²) in [6.45, 7) is 1.57. The molecule has 0 aliphatic carbocycles. The Balaban J connectivity index is 3.33. The van der Waals surface area contributed by atoms with Crippen LogP contribution in [0.3, 0.4) is 0 Å². The minimum Gasteiger partial charge on any atom is -0.385 e. The van der Waals surface area contributed by atoms with Gasteiger partial charge in [0.2, 0.25) is 5.91 Å². The molecule has 0 fully saturated rings. The zero-order chi connectivity index (χ0) is 10.1. The fourth-order valence-corrected chi connectivity index (χ4v) is 0.814. The summed E-state index contributed by atoms with van der Waals surface area (Å²) in [4.78, 5) is 10.7. The Hall–Kier alpha value is -0.650. The van der Waals surface area contributed by atoms with Gasteiger partial charge in [0, 0.05) is 20.3 Å². The monoisotopic (exact) mass is 190 g/mol. The van der Waals surface area contributed by atoms with Gasteiger partial charge in [0.1, 0.15) is 6.04 Å². The molecule has 5 heteroatoms. The van der Waals surface area contributed by atoms with E-state index in [1.54, 1.807) is 14.2 Å². The van der Waals surface area contributed by atoms with E-state index in [1.807, 2.05) is 0 Å². The normalized spacial score (nSPS) is 12.8. The molecule has 1 atom stereocenters. The van der Waals surface area contributed by atoms with Gasteiger partial charge in [-0.25, -0.2) is 0 Å². The molecule has 0 saturated heterocycles. The Morgan fingerprint density at radius 2 is 2.23 bits per heavy atom. The molecule has 1 unspecified atom stereocenters. The Morgan fingerprint density at radius 3 is 2.69 bits per heavy atom. The van der Waals surface area contributed by atoms with Crippen molar-refractivity contribution in [1.82, 2.24) is 5.32 Å². The highest BCUT2D eigenvalue weighted by atomic mass is 16.5. The standard InChI is InChI=1S/C8H18N2O3/c1-10-7(8(9)11)6-13-5-3-4-12-2/h7,10H,3-6H2,1-2H3,(H2,9,11). The van der Waals surface area contributed by atoms with Gasteiger partial charge in [-0.3, -0.25) is 4.79 Å². The topological polar surface area (TPSA) is 73.6 Å². The van der Waals surface area contributed by atoms with E-state index in [-0.39, 0.29) is 0 Å². The third kappa shape index (κ3) is 6.51. The second-order valence-electron chi connectivity index (χ2n) is 2.66. The molecule has 0 bridgehead atoms. The Bertz CT molecular complexity index is 141. The molecular formula is C8H18N2O3. The van der Waals surface area contributed by atoms with Crippen LogP contribution in [0.5, 0.6) is 0 Å². The van der Waals surface area contributed by atoms with Crippen molar-refractivity contribution < 1.29 is 14.3 Å². The van der Waals surface area contributed by atoms with Gasteiger partial charge in [-0.15, -0.1) is 0 Å². The van der Waals surface area contributed by atoms with E-state index in [1.165, 1.54) is 0 Å². The largest absolute Gasteiger partial charge is 0.385 e. The van der Waals surface area contributed by atoms with Crippen molar-refractivity contribution in [3.8, 4) is 0 Å². The highest BCUT2D eigenvalue weighted by Gasteiger charge is 2.11. The zero-order valence-corrected chi connectivity index (χ0v) is 8.21. The summed E-state index contributed by atoms with van der Waals surface area (Å²) < 4.78 is 10.0. The maximum absolute atomic E-state index is 10.7. The van der Waals surface area contributed by atoms with Crippen LogP contribution in [-0.2, 0) is 14.3 Å². The van der Waals surface area contributed by atoms with Crippen LogP contribution in [0, 0.1) is 0 Å². The fraction of sp³-hybridized carbons (Fsp3) is 0.875. The van der Waals surface area contributed by atoms with Gasteiger partial charge in [0.05, 0.1) is 6.61 Å². The molecule has 0 saturated carbocycles. The number of ether oxygens (including phenoxy) is 2. The predicted octanol–water partition coefficient (Wildman–Crippen LogP) is -0.887. The average molecular weight is 190 g/mol. The summed E-state index contributed by atoms with van der Waals surface area (Å²) >= 11 is 0. The second-order valence-corrected chi connectivity index (χ2v) is 2.66. The first-order chi connectivity index (χ1) is 6.22. The lowest BCUT2D eigenvalue weighted by Crippen LogP contribution is -2.42. The lowest BCUT2D eigenvalue weighted by atomic mass is 10.3. The number of carbonyl (C=O) groups excluding carboxylic acids is 1. The van der Waals surface area contributed by atoms with Crippen molar-refractivity contribution in [1.29, 1.82) is 0 Å². The van der Waals surface area contributed by atoms with Gasteiger partial charge in [-0.1, -0.05) is 0 Å². The predicted molar refractivity (Wildman–Crippen MR) is 49.4 cm³/mol. The van der Waals surface area contributed by atoms with Gasteiger partial charge >= 0.3 is 0 Å². The number of hydrogen-bond acceptors (Lipinski definition) is 4. The third-order valence-corrected chi connectivity index (χ3v) is 1.61. The van der Waals surface area contributed by atoms with Crippen LogP contribution in [0.25, 0.3) is 0 Å². The molecule has 0 spiro atoms. The van der Waals surface area contributed by atoms with E-state index in [2.05, 4.69) is 5.32 Å². The molecule has 1 amide bonds. The van der Waals surface area contributed by atoms with Gasteiger partial charge in [-0.2, -0.15) is 0 Å². The van der Waals surface area contributed by atoms with E-state index >= 15 is 0 Å². The maximum atomic E-state index is 10.7. The van der Waals surface area contributed by atoms with Crippen LogP contribution in [-0.4, -0.2) is 45.9 Å². The SMILES string of the molecule is CNC(COCCCOC)C(N)=O. The van der Waals surface area contributed by atoms with E-state index < -0.39 is 11.9 Å². The Labute approximate surface area is 78.6 Å². The van der Waals surface area contributed by atoms with Crippen molar-refractivity contribution in [3.05, 3.63) is 0 Å². The number of nitrogens with two attached hydrogens (primary N) is 1. The first kappa shape index (κ1) is 12.3. The lowest BCUT2D eigenvalue weighted by molar-refractivity contribution is -0.121. The summed E-state index contributed by atoms with van der Waals surface area (Å²) in [5.74, 6) is -0.394. The van der Waals surface area contributed by atoms with Crippen LogP contribution in [0.1, 0.15) is 6.42 Å². The molecular weight excluding hydrogens is 172 g/mol. The van der Waals surface area contributed by atoms with Gasteiger partial charge in [0.15, 0.2) is 0 Å². The molecule has 13 heavy (non-hydrogen) atoms. The minimum absolute atomic E-state index is 0.315. The van der Waals surface area contributed by atoms with Crippen LogP contribution in [0.4, 0.5) is 0 Å². The van der Waals surface area contributed by atoms with Crippen molar-refractivity contribution >= 4 is 5.91 Å². The van der Waals surface area contributed by atoms with E-state index in [0.717, 1.165) is 6.42 Å². The highest BCUT2D eigenvalue weighted by molar-refractivity contribution is 5.79. The quantitative estimate of drug-likeness (QED) is 0.487. The van der Waals surface area contributed by atoms with Gasteiger partial charge in [-0.05, 0) is 13.5 Å². The summed E-state index contributed by atoms with van der Waals surface area (Å²) in [7, 11) is 3.31. The third-order valence-electron chi connectivity index (χ3n) is 1.61. The van der Waals surface area contributed by atoms with Gasteiger partial charge < -0.3 is 20.5 Å². The van der Waals surface area contributed by atoms with E-state index in [9.17, 15) is 4.79 Å². The van der Waals surface area contributed by atoms with Gasteiger partial charge in [0.25, 0.3) is 0 Å².